The lowest BCUT2D eigenvalue weighted by Gasteiger charge is -2.12. The van der Waals surface area contributed by atoms with Crippen molar-refractivity contribution in [1.82, 2.24) is 19.5 Å². The molecular weight excluding hydrogens is 677 g/mol. The van der Waals surface area contributed by atoms with Crippen molar-refractivity contribution in [2.45, 2.75) is 0 Å². The SMILES string of the molecule is c1ccc(-c2nc(-c3ccc(-c4nc5ccccc5c5sc6ccccc6c45)cc3)cc(-c3ccc(-n4c5ccccc5c5ccccc54)cc3)n2)cc1. The van der Waals surface area contributed by atoms with Gasteiger partial charge in [-0.2, -0.15) is 0 Å². The van der Waals surface area contributed by atoms with Crippen molar-refractivity contribution in [2.24, 2.45) is 0 Å². The second-order valence-corrected chi connectivity index (χ2v) is 14.7. The minimum Gasteiger partial charge on any atom is -0.309 e. The highest BCUT2D eigenvalue weighted by molar-refractivity contribution is 7.26. The molecule has 4 aromatic heterocycles. The molecule has 0 unspecified atom stereocenters. The minimum absolute atomic E-state index is 0.696. The normalized spacial score (nSPS) is 11.7. The van der Waals surface area contributed by atoms with Crippen LogP contribution in [-0.4, -0.2) is 19.5 Å². The first-order chi connectivity index (χ1) is 26.8. The number of fused-ring (bicyclic) bond motifs is 8. The van der Waals surface area contributed by atoms with Gasteiger partial charge in [-0.05, 0) is 42.5 Å². The Morgan fingerprint density at radius 2 is 0.944 bits per heavy atom. The smallest absolute Gasteiger partial charge is 0.160 e. The molecule has 0 N–H and O–H groups in total. The Labute approximate surface area is 315 Å². The fourth-order valence-electron chi connectivity index (χ4n) is 7.86. The van der Waals surface area contributed by atoms with Gasteiger partial charge in [0.25, 0.3) is 0 Å². The molecule has 0 saturated heterocycles. The summed E-state index contributed by atoms with van der Waals surface area (Å²) in [4.78, 5) is 15.5. The molecule has 0 atom stereocenters. The molecule has 4 heterocycles. The molecule has 11 aromatic rings. The summed E-state index contributed by atoms with van der Waals surface area (Å²) in [5.41, 5.74) is 11.4. The van der Waals surface area contributed by atoms with Gasteiger partial charge >= 0.3 is 0 Å². The van der Waals surface area contributed by atoms with Crippen molar-refractivity contribution in [3.05, 3.63) is 182 Å². The largest absolute Gasteiger partial charge is 0.309 e. The average molecular weight is 707 g/mol. The maximum Gasteiger partial charge on any atom is 0.160 e. The Kier molecular flexibility index (Phi) is 7.00. The highest BCUT2D eigenvalue weighted by Gasteiger charge is 2.17. The van der Waals surface area contributed by atoms with Gasteiger partial charge in [-0.15, -0.1) is 11.3 Å². The number of benzene rings is 7. The van der Waals surface area contributed by atoms with E-state index in [4.69, 9.17) is 15.0 Å². The number of thiophene rings is 1. The fraction of sp³-hybridized carbons (Fsp3) is 0. The van der Waals surface area contributed by atoms with Crippen molar-refractivity contribution in [3.8, 4) is 50.8 Å². The van der Waals surface area contributed by atoms with Crippen molar-refractivity contribution < 1.29 is 0 Å². The van der Waals surface area contributed by atoms with Gasteiger partial charge in [0.05, 0.1) is 33.6 Å². The molecule has 11 rings (SSSR count). The number of hydrogen-bond donors (Lipinski definition) is 0. The topological polar surface area (TPSA) is 43.6 Å². The third-order valence-corrected chi connectivity index (χ3v) is 11.6. The highest BCUT2D eigenvalue weighted by Crippen LogP contribution is 2.43. The zero-order chi connectivity index (χ0) is 35.6. The van der Waals surface area contributed by atoms with E-state index in [0.717, 1.165) is 50.5 Å². The molecule has 7 aromatic carbocycles. The van der Waals surface area contributed by atoms with E-state index in [2.05, 4.69) is 168 Å². The molecule has 252 valence electrons. The quantitative estimate of drug-likeness (QED) is 0.179. The van der Waals surface area contributed by atoms with E-state index in [1.54, 1.807) is 0 Å². The van der Waals surface area contributed by atoms with Gasteiger partial charge in [0.1, 0.15) is 0 Å². The molecule has 0 aliphatic rings. The maximum absolute atomic E-state index is 5.24. The second kappa shape index (κ2) is 12.3. The summed E-state index contributed by atoms with van der Waals surface area (Å²) < 4.78 is 4.89. The molecule has 0 radical (unpaired) electrons. The van der Waals surface area contributed by atoms with Gasteiger partial charge in [0.2, 0.25) is 0 Å². The van der Waals surface area contributed by atoms with Gasteiger partial charge < -0.3 is 4.57 Å². The Balaban J connectivity index is 1.02. The zero-order valence-corrected chi connectivity index (χ0v) is 29.8. The van der Waals surface area contributed by atoms with Crippen LogP contribution in [0.2, 0.25) is 0 Å². The van der Waals surface area contributed by atoms with E-state index >= 15 is 0 Å². The summed E-state index contributed by atoms with van der Waals surface area (Å²) in [7, 11) is 0. The third kappa shape index (κ3) is 4.94. The zero-order valence-electron chi connectivity index (χ0n) is 29.0. The van der Waals surface area contributed by atoms with Crippen LogP contribution < -0.4 is 0 Å². The van der Waals surface area contributed by atoms with Crippen LogP contribution >= 0.6 is 11.3 Å². The van der Waals surface area contributed by atoms with E-state index in [-0.39, 0.29) is 0 Å². The predicted octanol–water partition coefficient (Wildman–Crippen LogP) is 13.2. The molecule has 0 spiro atoms. The number of hydrogen-bond acceptors (Lipinski definition) is 4. The Hall–Kier alpha value is -6.95. The highest BCUT2D eigenvalue weighted by atomic mass is 32.1. The summed E-state index contributed by atoms with van der Waals surface area (Å²) in [5, 5.41) is 6.15. The molecule has 54 heavy (non-hydrogen) atoms. The van der Waals surface area contributed by atoms with Gasteiger partial charge in [-0.1, -0.05) is 140 Å². The van der Waals surface area contributed by atoms with Crippen LogP contribution in [0.3, 0.4) is 0 Å². The number of aromatic nitrogens is 4. The van der Waals surface area contributed by atoms with E-state index in [9.17, 15) is 0 Å². The lowest BCUT2D eigenvalue weighted by molar-refractivity contribution is 1.17. The van der Waals surface area contributed by atoms with Gasteiger partial charge in [0, 0.05) is 64.3 Å². The second-order valence-electron chi connectivity index (χ2n) is 13.6. The van der Waals surface area contributed by atoms with Crippen LogP contribution in [0, 0.1) is 0 Å². The van der Waals surface area contributed by atoms with Gasteiger partial charge in [-0.3, -0.25) is 0 Å². The maximum atomic E-state index is 5.24. The number of para-hydroxylation sites is 3. The van der Waals surface area contributed by atoms with Crippen LogP contribution in [-0.2, 0) is 0 Å². The van der Waals surface area contributed by atoms with Crippen LogP contribution in [0.25, 0.3) is 104 Å². The minimum atomic E-state index is 0.696. The van der Waals surface area contributed by atoms with Crippen LogP contribution in [0.5, 0.6) is 0 Å². The van der Waals surface area contributed by atoms with Crippen LogP contribution in [0.15, 0.2) is 182 Å². The molecular formula is C49H30N4S. The van der Waals surface area contributed by atoms with E-state index in [1.807, 2.05) is 29.5 Å². The van der Waals surface area contributed by atoms with Crippen molar-refractivity contribution in [3.63, 3.8) is 0 Å². The molecule has 5 heteroatoms. The average Bonchev–Trinajstić information content (AvgIpc) is 3.81. The lowest BCUT2D eigenvalue weighted by Crippen LogP contribution is -1.97. The number of nitrogens with zero attached hydrogens (tertiary/aromatic N) is 4. The molecule has 0 amide bonds. The number of rotatable bonds is 5. The summed E-state index contributed by atoms with van der Waals surface area (Å²) in [6, 6.07) is 64.1. The van der Waals surface area contributed by atoms with E-state index in [1.165, 1.54) is 47.4 Å². The van der Waals surface area contributed by atoms with Gasteiger partial charge in [0.15, 0.2) is 5.82 Å². The fourth-order valence-corrected chi connectivity index (χ4v) is 9.10. The van der Waals surface area contributed by atoms with Crippen LogP contribution in [0.4, 0.5) is 0 Å². The van der Waals surface area contributed by atoms with Crippen molar-refractivity contribution in [2.75, 3.05) is 0 Å². The van der Waals surface area contributed by atoms with E-state index in [0.29, 0.717) is 5.82 Å². The van der Waals surface area contributed by atoms with E-state index < -0.39 is 0 Å². The summed E-state index contributed by atoms with van der Waals surface area (Å²) >= 11 is 1.84. The van der Waals surface area contributed by atoms with Crippen LogP contribution in [0.1, 0.15) is 0 Å². The summed E-state index contributed by atoms with van der Waals surface area (Å²) in [6.07, 6.45) is 0. The number of pyridine rings is 1. The lowest BCUT2D eigenvalue weighted by atomic mass is 10.00. The third-order valence-electron chi connectivity index (χ3n) is 10.4. The molecule has 0 bridgehead atoms. The molecule has 0 aliphatic heterocycles. The molecule has 0 fully saturated rings. The molecule has 0 aliphatic carbocycles. The van der Waals surface area contributed by atoms with Gasteiger partial charge in [-0.25, -0.2) is 15.0 Å². The summed E-state index contributed by atoms with van der Waals surface area (Å²) in [5.74, 6) is 0.696. The first-order valence-corrected chi connectivity index (χ1v) is 18.9. The Bertz CT molecular complexity index is 3140. The van der Waals surface area contributed by atoms with Crippen molar-refractivity contribution in [1.29, 1.82) is 0 Å². The Morgan fingerprint density at radius 3 is 1.63 bits per heavy atom. The first-order valence-electron chi connectivity index (χ1n) is 18.1. The first kappa shape index (κ1) is 30.7. The predicted molar refractivity (Wildman–Crippen MR) is 226 cm³/mol. The summed E-state index contributed by atoms with van der Waals surface area (Å²) in [6.45, 7) is 0. The molecule has 4 nitrogen and oxygen atoms in total. The Morgan fingerprint density at radius 1 is 0.407 bits per heavy atom. The molecule has 0 saturated carbocycles. The van der Waals surface area contributed by atoms with Crippen molar-refractivity contribution >= 4 is 64.2 Å². The monoisotopic (exact) mass is 706 g/mol. The standard InChI is InChI=1S/C49H30N4S/c1-2-12-34(13-3-1)49-51-41(30-42(52-49)32-26-28-35(29-27-32)53-43-19-9-5-14-36(43)37-15-6-10-20-44(37)53)31-22-24-33(25-23-31)47-46-39-17-7-11-21-45(39)54-48(46)38-16-4-8-18-40(38)50-47/h1-30H.